The molecule has 0 radical (unpaired) electrons. The second-order valence-electron chi connectivity index (χ2n) is 15.8. The highest BCUT2D eigenvalue weighted by molar-refractivity contribution is 5.96. The van der Waals surface area contributed by atoms with Crippen molar-refractivity contribution in [2.75, 3.05) is 6.54 Å². The van der Waals surface area contributed by atoms with Gasteiger partial charge >= 0.3 is 18.0 Å². The maximum Gasteiger partial charge on any atom is 0.408 e. The van der Waals surface area contributed by atoms with Crippen molar-refractivity contribution in [1.82, 2.24) is 20.9 Å². The third kappa shape index (κ3) is 14.2. The molecule has 13 heteroatoms. The summed E-state index contributed by atoms with van der Waals surface area (Å²) in [6.07, 6.45) is -0.289. The van der Waals surface area contributed by atoms with Gasteiger partial charge in [-0.1, -0.05) is 95.3 Å². The topological polar surface area (TPSA) is 169 Å². The van der Waals surface area contributed by atoms with Crippen LogP contribution in [0.1, 0.15) is 92.2 Å². The Hall–Kier alpha value is -4.94. The van der Waals surface area contributed by atoms with Gasteiger partial charge in [0.25, 0.3) is 0 Å². The van der Waals surface area contributed by atoms with Crippen LogP contribution in [0.15, 0.2) is 60.7 Å². The van der Waals surface area contributed by atoms with Crippen molar-refractivity contribution in [3.05, 3.63) is 71.8 Å². The molecular weight excluding hydrogens is 680 g/mol. The number of amides is 4. The van der Waals surface area contributed by atoms with Crippen molar-refractivity contribution in [2.45, 2.75) is 124 Å². The predicted molar refractivity (Wildman–Crippen MR) is 198 cm³/mol. The van der Waals surface area contributed by atoms with E-state index in [1.165, 1.54) is 4.90 Å². The lowest BCUT2D eigenvalue weighted by molar-refractivity contribution is -0.151. The van der Waals surface area contributed by atoms with Crippen molar-refractivity contribution in [3.8, 4) is 0 Å². The van der Waals surface area contributed by atoms with Crippen LogP contribution in [0.25, 0.3) is 0 Å². The molecule has 1 aliphatic rings. The molecule has 3 N–H and O–H groups in total. The van der Waals surface area contributed by atoms with Crippen molar-refractivity contribution < 1.29 is 43.0 Å². The number of hydrogen-bond acceptors (Lipinski definition) is 9. The molecule has 0 aliphatic carbocycles. The van der Waals surface area contributed by atoms with Crippen LogP contribution in [0.2, 0.25) is 0 Å². The number of ether oxygens (including phenoxy) is 3. The number of rotatable bonds is 15. The molecule has 0 saturated carbocycles. The average Bonchev–Trinajstić information content (AvgIpc) is 3.58. The third-order valence-electron chi connectivity index (χ3n) is 8.39. The van der Waals surface area contributed by atoms with Gasteiger partial charge in [0.2, 0.25) is 17.7 Å². The molecule has 2 aromatic rings. The number of alkyl carbamates (subject to hydrolysis) is 1. The number of carbonyl (C=O) groups excluding carboxylic acids is 6. The lowest BCUT2D eigenvalue weighted by Crippen LogP contribution is -2.60. The molecule has 3 rings (SSSR count). The van der Waals surface area contributed by atoms with Crippen molar-refractivity contribution in [3.63, 3.8) is 0 Å². The molecule has 1 fully saturated rings. The Balaban J connectivity index is 1.81. The summed E-state index contributed by atoms with van der Waals surface area (Å²) in [5.41, 5.74) is -0.0377. The van der Waals surface area contributed by atoms with E-state index < -0.39 is 77.4 Å². The summed E-state index contributed by atoms with van der Waals surface area (Å²) in [7, 11) is 0. The van der Waals surface area contributed by atoms with E-state index >= 15 is 0 Å². The first-order chi connectivity index (χ1) is 24.8. The Morgan fingerprint density at radius 2 is 1.34 bits per heavy atom. The fourth-order valence-corrected chi connectivity index (χ4v) is 5.77. The molecular formula is C40H56N4O9. The molecule has 0 unspecified atom stereocenters. The first-order valence-corrected chi connectivity index (χ1v) is 18.1. The monoisotopic (exact) mass is 736 g/mol. The quantitative estimate of drug-likeness (QED) is 0.172. The van der Waals surface area contributed by atoms with Gasteiger partial charge in [0.1, 0.15) is 43.0 Å². The van der Waals surface area contributed by atoms with Gasteiger partial charge in [-0.15, -0.1) is 0 Å². The highest BCUT2D eigenvalue weighted by Gasteiger charge is 2.43. The second kappa shape index (κ2) is 19.2. The van der Waals surface area contributed by atoms with Gasteiger partial charge in [-0.05, 0) is 62.5 Å². The van der Waals surface area contributed by atoms with E-state index in [0.29, 0.717) is 6.42 Å². The molecule has 2 aromatic carbocycles. The summed E-state index contributed by atoms with van der Waals surface area (Å²) in [6.45, 7) is 14.5. The molecule has 290 valence electrons. The SMILES string of the molecule is CC(C)C[C@H](NC(=O)[C@H](CC(=O)OCc1ccccc1)NC(=O)[C@@H]1CCCN1C(=O)[C@@H](NC(=O)OC(C)(C)C)C(C)(C)C)C(=O)OCc1ccccc1. The maximum absolute atomic E-state index is 14.0. The first kappa shape index (κ1) is 42.5. The van der Waals surface area contributed by atoms with E-state index in [-0.39, 0.29) is 38.5 Å². The smallest absolute Gasteiger partial charge is 0.408 e. The summed E-state index contributed by atoms with van der Waals surface area (Å²) >= 11 is 0. The Labute approximate surface area is 312 Å². The minimum atomic E-state index is -1.45. The van der Waals surface area contributed by atoms with Crippen molar-refractivity contribution >= 4 is 35.8 Å². The molecule has 0 aromatic heterocycles. The number of carbonyl (C=O) groups is 6. The highest BCUT2D eigenvalue weighted by Crippen LogP contribution is 2.26. The standard InChI is InChI=1S/C40H56N4O9/c1-26(2)22-30(37(49)52-25-28-18-13-10-14-19-28)42-34(46)29(23-32(45)51-24-27-16-11-9-12-17-27)41-35(47)31-20-15-21-44(31)36(48)33(39(3,4)5)43-38(50)53-40(6,7)8/h9-14,16-19,26,29-31,33H,15,20-25H2,1-8H3,(H,41,47)(H,42,46)(H,43,50)/t29-,30-,31-,33+/m0/s1. The molecule has 1 heterocycles. The van der Waals surface area contributed by atoms with Gasteiger partial charge < -0.3 is 35.1 Å². The van der Waals surface area contributed by atoms with Gasteiger partial charge in [0, 0.05) is 6.54 Å². The number of esters is 2. The summed E-state index contributed by atoms with van der Waals surface area (Å²) in [6, 6.07) is 13.6. The lowest BCUT2D eigenvalue weighted by Gasteiger charge is -2.36. The number of hydrogen-bond donors (Lipinski definition) is 3. The van der Waals surface area contributed by atoms with E-state index in [4.69, 9.17) is 14.2 Å². The van der Waals surface area contributed by atoms with E-state index in [1.807, 2.05) is 50.2 Å². The molecule has 0 spiro atoms. The van der Waals surface area contributed by atoms with E-state index in [2.05, 4.69) is 16.0 Å². The highest BCUT2D eigenvalue weighted by atomic mass is 16.6. The number of likely N-dealkylation sites (tertiary alicyclic amines) is 1. The van der Waals surface area contributed by atoms with Crippen LogP contribution < -0.4 is 16.0 Å². The zero-order valence-electron chi connectivity index (χ0n) is 32.2. The Morgan fingerprint density at radius 3 is 1.87 bits per heavy atom. The van der Waals surface area contributed by atoms with Crippen LogP contribution in [0.3, 0.4) is 0 Å². The third-order valence-corrected chi connectivity index (χ3v) is 8.39. The number of nitrogens with zero attached hydrogens (tertiary/aromatic N) is 1. The zero-order valence-corrected chi connectivity index (χ0v) is 32.2. The van der Waals surface area contributed by atoms with Crippen LogP contribution in [0.4, 0.5) is 4.79 Å². The minimum Gasteiger partial charge on any atom is -0.461 e. The zero-order chi connectivity index (χ0) is 39.3. The van der Waals surface area contributed by atoms with Crippen LogP contribution in [0, 0.1) is 11.3 Å². The molecule has 13 nitrogen and oxygen atoms in total. The molecule has 1 aliphatic heterocycles. The van der Waals surface area contributed by atoms with Crippen LogP contribution in [0.5, 0.6) is 0 Å². The maximum atomic E-state index is 14.0. The Kier molecular flexibility index (Phi) is 15.4. The molecule has 4 amide bonds. The summed E-state index contributed by atoms with van der Waals surface area (Å²) in [5.74, 6) is -3.36. The minimum absolute atomic E-state index is 0.00000306. The normalized spacial score (nSPS) is 16.2. The van der Waals surface area contributed by atoms with Crippen LogP contribution in [-0.4, -0.2) is 77.0 Å². The largest absolute Gasteiger partial charge is 0.461 e. The Morgan fingerprint density at radius 1 is 0.774 bits per heavy atom. The van der Waals surface area contributed by atoms with Gasteiger partial charge in [-0.2, -0.15) is 0 Å². The van der Waals surface area contributed by atoms with E-state index in [9.17, 15) is 28.8 Å². The van der Waals surface area contributed by atoms with Crippen molar-refractivity contribution in [2.24, 2.45) is 11.3 Å². The van der Waals surface area contributed by atoms with Crippen LogP contribution >= 0.6 is 0 Å². The Bertz CT molecular complexity index is 1550. The number of nitrogens with one attached hydrogen (secondary N) is 3. The van der Waals surface area contributed by atoms with Crippen LogP contribution in [-0.2, 0) is 51.4 Å². The molecule has 4 atom stereocenters. The predicted octanol–water partition coefficient (Wildman–Crippen LogP) is 4.81. The summed E-state index contributed by atoms with van der Waals surface area (Å²) in [4.78, 5) is 82.3. The lowest BCUT2D eigenvalue weighted by atomic mass is 9.85. The fraction of sp³-hybridized carbons (Fsp3) is 0.550. The molecule has 0 bridgehead atoms. The van der Waals surface area contributed by atoms with E-state index in [1.54, 1.807) is 65.8 Å². The number of benzene rings is 2. The van der Waals surface area contributed by atoms with E-state index in [0.717, 1.165) is 11.1 Å². The second-order valence-corrected chi connectivity index (χ2v) is 15.8. The average molecular weight is 737 g/mol. The first-order valence-electron chi connectivity index (χ1n) is 18.1. The van der Waals surface area contributed by atoms with Gasteiger partial charge in [0.05, 0.1) is 6.42 Å². The summed E-state index contributed by atoms with van der Waals surface area (Å²) < 4.78 is 16.4. The van der Waals surface area contributed by atoms with Crippen molar-refractivity contribution in [1.29, 1.82) is 0 Å². The molecule has 53 heavy (non-hydrogen) atoms. The molecule has 1 saturated heterocycles. The van der Waals surface area contributed by atoms with Gasteiger partial charge in [-0.3, -0.25) is 19.2 Å². The fourth-order valence-electron chi connectivity index (χ4n) is 5.77. The van der Waals surface area contributed by atoms with Gasteiger partial charge in [-0.25, -0.2) is 9.59 Å². The van der Waals surface area contributed by atoms with Gasteiger partial charge in [0.15, 0.2) is 0 Å². The summed E-state index contributed by atoms with van der Waals surface area (Å²) in [5, 5.41) is 8.04.